The van der Waals surface area contributed by atoms with E-state index in [0.29, 0.717) is 0 Å². The van der Waals surface area contributed by atoms with Crippen molar-refractivity contribution >= 4 is 0 Å². The van der Waals surface area contributed by atoms with Crippen LogP contribution in [0.1, 0.15) is 62.5 Å². The van der Waals surface area contributed by atoms with Gasteiger partial charge in [0.05, 0.1) is 0 Å². The summed E-state index contributed by atoms with van der Waals surface area (Å²) in [6, 6.07) is 9.04. The first-order valence-corrected chi connectivity index (χ1v) is 5.91. The summed E-state index contributed by atoms with van der Waals surface area (Å²) >= 11 is 0. The first-order valence-electron chi connectivity index (χ1n) is 5.91. The van der Waals surface area contributed by atoms with Gasteiger partial charge >= 0.3 is 0 Å². The summed E-state index contributed by atoms with van der Waals surface area (Å²) in [5.74, 6) is 1.62. The molecule has 2 unspecified atom stereocenters. The van der Waals surface area contributed by atoms with Crippen molar-refractivity contribution in [2.24, 2.45) is 0 Å². The second kappa shape index (κ2) is 4.16. The molecule has 0 saturated carbocycles. The molecule has 0 N–H and O–H groups in total. The van der Waals surface area contributed by atoms with Crippen molar-refractivity contribution in [3.8, 4) is 0 Å². The molecule has 0 radical (unpaired) electrons. The van der Waals surface area contributed by atoms with Crippen LogP contribution in [0.15, 0.2) is 24.3 Å². The maximum Gasteiger partial charge on any atom is -0.0159 e. The second-order valence-electron chi connectivity index (χ2n) is 4.59. The average molecular weight is 188 g/mol. The van der Waals surface area contributed by atoms with Gasteiger partial charge in [-0.2, -0.15) is 0 Å². The van der Waals surface area contributed by atoms with Gasteiger partial charge in [0.2, 0.25) is 0 Å². The van der Waals surface area contributed by atoms with Gasteiger partial charge in [-0.3, -0.25) is 0 Å². The van der Waals surface area contributed by atoms with Gasteiger partial charge in [0.15, 0.2) is 0 Å². The molecule has 1 aliphatic carbocycles. The molecule has 0 aliphatic heterocycles. The minimum atomic E-state index is 0.777. The van der Waals surface area contributed by atoms with E-state index in [1.165, 1.54) is 25.7 Å². The molecule has 0 heteroatoms. The molecular formula is C14H20. The van der Waals surface area contributed by atoms with E-state index < -0.39 is 0 Å². The van der Waals surface area contributed by atoms with Crippen LogP contribution in [-0.4, -0.2) is 0 Å². The number of benzene rings is 1. The van der Waals surface area contributed by atoms with E-state index in [1.807, 2.05) is 0 Å². The van der Waals surface area contributed by atoms with Crippen LogP contribution < -0.4 is 0 Å². The Balaban J connectivity index is 2.31. The van der Waals surface area contributed by atoms with E-state index in [2.05, 4.69) is 38.1 Å². The fourth-order valence-corrected chi connectivity index (χ4v) is 2.74. The van der Waals surface area contributed by atoms with Gasteiger partial charge in [-0.05, 0) is 42.2 Å². The van der Waals surface area contributed by atoms with Gasteiger partial charge < -0.3 is 0 Å². The van der Waals surface area contributed by atoms with Gasteiger partial charge in [-0.1, -0.05) is 44.5 Å². The Morgan fingerprint density at radius 3 is 2.57 bits per heavy atom. The molecule has 0 nitrogen and oxygen atoms in total. The maximum atomic E-state index is 2.36. The zero-order valence-corrected chi connectivity index (χ0v) is 9.29. The van der Waals surface area contributed by atoms with Crippen molar-refractivity contribution in [1.82, 2.24) is 0 Å². The number of hydrogen-bond acceptors (Lipinski definition) is 0. The summed E-state index contributed by atoms with van der Waals surface area (Å²) in [5.41, 5.74) is 3.24. The van der Waals surface area contributed by atoms with E-state index in [1.54, 1.807) is 11.1 Å². The summed E-state index contributed by atoms with van der Waals surface area (Å²) in [4.78, 5) is 0. The largest absolute Gasteiger partial charge is 0.0654 e. The van der Waals surface area contributed by atoms with Crippen LogP contribution in [0.2, 0.25) is 0 Å². The fraction of sp³-hybridized carbons (Fsp3) is 0.571. The molecule has 1 aromatic rings. The molecule has 0 amide bonds. The van der Waals surface area contributed by atoms with Crippen LogP contribution in [0.25, 0.3) is 0 Å². The standard InChI is InChI=1S/C14H20/c1-3-6-12-10-9-11(2)13-7-4-5-8-14(12)13/h4-5,7-8,11-12H,3,6,9-10H2,1-2H3. The fourth-order valence-electron chi connectivity index (χ4n) is 2.74. The molecule has 0 bridgehead atoms. The van der Waals surface area contributed by atoms with Crippen LogP contribution in [0.3, 0.4) is 0 Å². The molecule has 0 spiro atoms. The quantitative estimate of drug-likeness (QED) is 0.642. The monoisotopic (exact) mass is 188 g/mol. The van der Waals surface area contributed by atoms with Gasteiger partial charge in [0.25, 0.3) is 0 Å². The second-order valence-corrected chi connectivity index (χ2v) is 4.59. The molecule has 2 rings (SSSR count). The highest BCUT2D eigenvalue weighted by molar-refractivity contribution is 5.35. The lowest BCUT2D eigenvalue weighted by atomic mass is 9.76. The molecule has 0 aromatic heterocycles. The third kappa shape index (κ3) is 1.70. The van der Waals surface area contributed by atoms with Crippen LogP contribution in [0, 0.1) is 0 Å². The summed E-state index contributed by atoms with van der Waals surface area (Å²) in [6.45, 7) is 4.65. The molecule has 14 heavy (non-hydrogen) atoms. The van der Waals surface area contributed by atoms with Crippen molar-refractivity contribution in [3.63, 3.8) is 0 Å². The van der Waals surface area contributed by atoms with Gasteiger partial charge in [-0.15, -0.1) is 0 Å². The highest BCUT2D eigenvalue weighted by Gasteiger charge is 2.23. The van der Waals surface area contributed by atoms with E-state index >= 15 is 0 Å². The van der Waals surface area contributed by atoms with Crippen LogP contribution >= 0.6 is 0 Å². The topological polar surface area (TPSA) is 0 Å². The highest BCUT2D eigenvalue weighted by Crippen LogP contribution is 2.40. The lowest BCUT2D eigenvalue weighted by Gasteiger charge is -2.29. The highest BCUT2D eigenvalue weighted by atomic mass is 14.3. The SMILES string of the molecule is CCCC1CCC(C)c2ccccc21. The smallest absolute Gasteiger partial charge is 0.0159 e. The number of rotatable bonds is 2. The maximum absolute atomic E-state index is 2.36. The zero-order valence-electron chi connectivity index (χ0n) is 9.29. The molecule has 0 saturated heterocycles. The van der Waals surface area contributed by atoms with Crippen LogP contribution in [0.5, 0.6) is 0 Å². The minimum absolute atomic E-state index is 0.777. The summed E-state index contributed by atoms with van der Waals surface area (Å²) in [6.07, 6.45) is 5.45. The van der Waals surface area contributed by atoms with Crippen molar-refractivity contribution in [1.29, 1.82) is 0 Å². The molecule has 1 aromatic carbocycles. The zero-order chi connectivity index (χ0) is 9.97. The predicted molar refractivity (Wildman–Crippen MR) is 61.7 cm³/mol. The number of hydrogen-bond donors (Lipinski definition) is 0. The average Bonchev–Trinajstić information content (AvgIpc) is 2.23. The van der Waals surface area contributed by atoms with E-state index in [-0.39, 0.29) is 0 Å². The Morgan fingerprint density at radius 1 is 1.14 bits per heavy atom. The molecule has 0 heterocycles. The Labute approximate surface area is 87.3 Å². The molecule has 0 fully saturated rings. The third-order valence-corrected chi connectivity index (χ3v) is 3.55. The van der Waals surface area contributed by atoms with Crippen molar-refractivity contribution in [3.05, 3.63) is 35.4 Å². The Morgan fingerprint density at radius 2 is 1.86 bits per heavy atom. The Hall–Kier alpha value is -0.780. The van der Waals surface area contributed by atoms with Crippen molar-refractivity contribution in [2.75, 3.05) is 0 Å². The summed E-state index contributed by atoms with van der Waals surface area (Å²) in [7, 11) is 0. The normalized spacial score (nSPS) is 25.9. The molecular weight excluding hydrogens is 168 g/mol. The van der Waals surface area contributed by atoms with Crippen LogP contribution in [0.4, 0.5) is 0 Å². The lowest BCUT2D eigenvalue weighted by molar-refractivity contribution is 0.475. The van der Waals surface area contributed by atoms with Gasteiger partial charge in [0.1, 0.15) is 0 Å². The van der Waals surface area contributed by atoms with Crippen molar-refractivity contribution < 1.29 is 0 Å². The third-order valence-electron chi connectivity index (χ3n) is 3.55. The minimum Gasteiger partial charge on any atom is -0.0654 e. The first-order chi connectivity index (χ1) is 6.83. The first kappa shape index (κ1) is 9.76. The van der Waals surface area contributed by atoms with E-state index in [9.17, 15) is 0 Å². The molecule has 76 valence electrons. The number of fused-ring (bicyclic) bond motifs is 1. The summed E-state index contributed by atoms with van der Waals surface area (Å²) < 4.78 is 0. The van der Waals surface area contributed by atoms with Crippen molar-refractivity contribution in [2.45, 2.75) is 51.4 Å². The lowest BCUT2D eigenvalue weighted by Crippen LogP contribution is -2.12. The molecule has 1 aliphatic rings. The Bertz CT molecular complexity index is 301. The molecule has 2 atom stereocenters. The summed E-state index contributed by atoms with van der Waals surface area (Å²) in [5, 5.41) is 0. The van der Waals surface area contributed by atoms with E-state index in [4.69, 9.17) is 0 Å². The van der Waals surface area contributed by atoms with Gasteiger partial charge in [0, 0.05) is 0 Å². The van der Waals surface area contributed by atoms with Gasteiger partial charge in [-0.25, -0.2) is 0 Å². The van der Waals surface area contributed by atoms with Crippen LogP contribution in [-0.2, 0) is 0 Å². The Kier molecular flexibility index (Phi) is 2.90. The predicted octanol–water partition coefficient (Wildman–Crippen LogP) is 4.47. The van der Waals surface area contributed by atoms with E-state index in [0.717, 1.165) is 11.8 Å².